The Morgan fingerprint density at radius 1 is 1.15 bits per heavy atom. The molecule has 2 heterocycles. The van der Waals surface area contributed by atoms with E-state index in [0.717, 1.165) is 5.56 Å². The summed E-state index contributed by atoms with van der Waals surface area (Å²) in [6.45, 7) is 0. The second-order valence-corrected chi connectivity index (χ2v) is 4.09. The molecule has 0 aliphatic carbocycles. The van der Waals surface area contributed by atoms with Crippen LogP contribution >= 0.6 is 0 Å². The van der Waals surface area contributed by atoms with Crippen molar-refractivity contribution in [2.24, 2.45) is 0 Å². The number of hydrogen-bond acceptors (Lipinski definition) is 5. The second-order valence-electron chi connectivity index (χ2n) is 4.09. The first-order chi connectivity index (χ1) is 9.72. The summed E-state index contributed by atoms with van der Waals surface area (Å²) in [5.41, 5.74) is 1.18. The predicted octanol–water partition coefficient (Wildman–Crippen LogP) is 1.10. The zero-order valence-corrected chi connectivity index (χ0v) is 11.0. The normalized spacial score (nSPS) is 10.7. The van der Waals surface area contributed by atoms with Gasteiger partial charge in [-0.15, -0.1) is 0 Å². The van der Waals surface area contributed by atoms with Crippen LogP contribution in [-0.4, -0.2) is 33.8 Å². The molecule has 0 aliphatic rings. The van der Waals surface area contributed by atoms with Crippen molar-refractivity contribution in [3.8, 4) is 22.8 Å². The molecule has 0 unspecified atom stereocenters. The molecule has 0 saturated carbocycles. The molecule has 1 N–H and O–H groups in total. The molecule has 0 spiro atoms. The topological polar surface area (TPSA) is 81.5 Å². The maximum Gasteiger partial charge on any atom is 0.276 e. The van der Waals surface area contributed by atoms with E-state index in [9.17, 15) is 4.79 Å². The molecule has 2 aromatic heterocycles. The van der Waals surface area contributed by atoms with Crippen LogP contribution in [0.2, 0.25) is 0 Å². The smallest absolute Gasteiger partial charge is 0.276 e. The molecular formula is C13H12N4O3. The number of rotatable bonds is 3. The van der Waals surface area contributed by atoms with E-state index in [1.807, 2.05) is 6.07 Å². The first-order valence-electron chi connectivity index (χ1n) is 5.88. The highest BCUT2D eigenvalue weighted by molar-refractivity contribution is 5.64. The van der Waals surface area contributed by atoms with E-state index < -0.39 is 0 Å². The van der Waals surface area contributed by atoms with Crippen molar-refractivity contribution in [1.29, 1.82) is 0 Å². The van der Waals surface area contributed by atoms with Crippen LogP contribution in [0.25, 0.3) is 17.0 Å². The molecule has 7 nitrogen and oxygen atoms in total. The molecule has 0 radical (unpaired) electrons. The Morgan fingerprint density at radius 3 is 2.70 bits per heavy atom. The third-order valence-electron chi connectivity index (χ3n) is 2.97. The lowest BCUT2D eigenvalue weighted by molar-refractivity contribution is 0.355. The van der Waals surface area contributed by atoms with Crippen LogP contribution in [0.3, 0.4) is 0 Å². The Labute approximate surface area is 113 Å². The van der Waals surface area contributed by atoms with Gasteiger partial charge in [-0.2, -0.15) is 14.6 Å². The number of fused-ring (bicyclic) bond motifs is 1. The molecule has 3 aromatic rings. The summed E-state index contributed by atoms with van der Waals surface area (Å²) < 4.78 is 11.6. The molecule has 0 atom stereocenters. The lowest BCUT2D eigenvalue weighted by Crippen LogP contribution is -2.14. The van der Waals surface area contributed by atoms with Crippen LogP contribution in [0.5, 0.6) is 11.5 Å². The highest BCUT2D eigenvalue weighted by Gasteiger charge is 2.09. The summed E-state index contributed by atoms with van der Waals surface area (Å²) in [6, 6.07) is 6.86. The molecule has 0 fully saturated rings. The van der Waals surface area contributed by atoms with Crippen molar-refractivity contribution in [3.05, 3.63) is 40.9 Å². The minimum Gasteiger partial charge on any atom is -0.493 e. The Kier molecular flexibility index (Phi) is 2.86. The summed E-state index contributed by atoms with van der Waals surface area (Å²) in [5.74, 6) is 1.61. The van der Waals surface area contributed by atoms with Gasteiger partial charge in [0.2, 0.25) is 5.78 Å². The third kappa shape index (κ3) is 1.89. The van der Waals surface area contributed by atoms with E-state index in [1.54, 1.807) is 26.4 Å². The predicted molar refractivity (Wildman–Crippen MR) is 72.1 cm³/mol. The third-order valence-corrected chi connectivity index (χ3v) is 2.97. The van der Waals surface area contributed by atoms with Gasteiger partial charge in [0.15, 0.2) is 11.5 Å². The van der Waals surface area contributed by atoms with Gasteiger partial charge in [-0.25, -0.2) is 0 Å². The number of hydrogen-bond donors (Lipinski definition) is 1. The standard InChI is InChI=1S/C13H12N4O3/c1-19-10-4-3-8(5-11(10)20-2)9-6-12(18)17-13(16-9)14-7-15-17/h3-7H,1-2H3,(H,14,15,16). The van der Waals surface area contributed by atoms with Crippen LogP contribution < -0.4 is 15.0 Å². The molecule has 20 heavy (non-hydrogen) atoms. The number of ether oxygens (including phenoxy) is 2. The van der Waals surface area contributed by atoms with Gasteiger partial charge in [-0.05, 0) is 18.2 Å². The van der Waals surface area contributed by atoms with Crippen molar-refractivity contribution < 1.29 is 9.47 Å². The number of aromatic nitrogens is 4. The van der Waals surface area contributed by atoms with E-state index in [1.165, 1.54) is 16.9 Å². The van der Waals surface area contributed by atoms with Crippen LogP contribution in [0.15, 0.2) is 35.4 Å². The van der Waals surface area contributed by atoms with Gasteiger partial charge in [-0.3, -0.25) is 4.79 Å². The highest BCUT2D eigenvalue weighted by atomic mass is 16.5. The Balaban J connectivity index is 2.17. The van der Waals surface area contributed by atoms with Gasteiger partial charge in [0, 0.05) is 11.6 Å². The average molecular weight is 272 g/mol. The maximum atomic E-state index is 11.9. The van der Waals surface area contributed by atoms with Gasteiger partial charge in [-0.1, -0.05) is 0 Å². The van der Waals surface area contributed by atoms with Gasteiger partial charge in [0.1, 0.15) is 6.33 Å². The summed E-state index contributed by atoms with van der Waals surface area (Å²) >= 11 is 0. The van der Waals surface area contributed by atoms with Crippen molar-refractivity contribution in [2.45, 2.75) is 0 Å². The van der Waals surface area contributed by atoms with Gasteiger partial charge in [0.05, 0.1) is 19.9 Å². The summed E-state index contributed by atoms with van der Waals surface area (Å²) in [5, 5.41) is 3.83. The van der Waals surface area contributed by atoms with Gasteiger partial charge < -0.3 is 14.5 Å². The Morgan fingerprint density at radius 2 is 1.95 bits per heavy atom. The first-order valence-corrected chi connectivity index (χ1v) is 5.88. The lowest BCUT2D eigenvalue weighted by Gasteiger charge is -2.09. The molecule has 1 aromatic carbocycles. The molecule has 7 heteroatoms. The van der Waals surface area contributed by atoms with Crippen LogP contribution in [0.4, 0.5) is 0 Å². The minimum atomic E-state index is -0.249. The molecular weight excluding hydrogens is 260 g/mol. The number of H-pyrrole nitrogens is 1. The van der Waals surface area contributed by atoms with Gasteiger partial charge in [0.25, 0.3) is 5.56 Å². The Hall–Kier alpha value is -2.83. The monoisotopic (exact) mass is 272 g/mol. The summed E-state index contributed by atoms with van der Waals surface area (Å²) in [4.78, 5) is 18.9. The van der Waals surface area contributed by atoms with Crippen LogP contribution in [0, 0.1) is 0 Å². The molecule has 3 rings (SSSR count). The number of benzene rings is 1. The molecule has 0 amide bonds. The van der Waals surface area contributed by atoms with Gasteiger partial charge >= 0.3 is 0 Å². The van der Waals surface area contributed by atoms with Crippen molar-refractivity contribution in [3.63, 3.8) is 0 Å². The quantitative estimate of drug-likeness (QED) is 0.772. The zero-order valence-electron chi connectivity index (χ0n) is 11.0. The largest absolute Gasteiger partial charge is 0.493 e. The Bertz CT molecular complexity index is 822. The summed E-state index contributed by atoms with van der Waals surface area (Å²) in [7, 11) is 3.13. The second kappa shape index (κ2) is 4.69. The fraction of sp³-hybridized carbons (Fsp3) is 0.154. The zero-order chi connectivity index (χ0) is 14.1. The fourth-order valence-electron chi connectivity index (χ4n) is 1.99. The minimum absolute atomic E-state index is 0.249. The van der Waals surface area contributed by atoms with Crippen molar-refractivity contribution in [2.75, 3.05) is 14.2 Å². The van der Waals surface area contributed by atoms with E-state index in [4.69, 9.17) is 9.47 Å². The van der Waals surface area contributed by atoms with Crippen molar-refractivity contribution >= 4 is 5.78 Å². The highest BCUT2D eigenvalue weighted by Crippen LogP contribution is 2.31. The van der Waals surface area contributed by atoms with Crippen LogP contribution in [-0.2, 0) is 0 Å². The van der Waals surface area contributed by atoms with E-state index in [0.29, 0.717) is 23.0 Å². The number of aromatic amines is 1. The molecule has 0 aliphatic heterocycles. The average Bonchev–Trinajstić information content (AvgIpc) is 2.95. The number of nitrogens with one attached hydrogen (secondary N) is 1. The van der Waals surface area contributed by atoms with E-state index >= 15 is 0 Å². The lowest BCUT2D eigenvalue weighted by atomic mass is 10.1. The number of nitrogens with zero attached hydrogens (tertiary/aromatic N) is 3. The van der Waals surface area contributed by atoms with Crippen LogP contribution in [0.1, 0.15) is 0 Å². The van der Waals surface area contributed by atoms with E-state index in [-0.39, 0.29) is 5.56 Å². The molecule has 102 valence electrons. The summed E-state index contributed by atoms with van der Waals surface area (Å²) in [6.07, 6.45) is 1.33. The fourth-order valence-corrected chi connectivity index (χ4v) is 1.99. The molecule has 0 bridgehead atoms. The number of methoxy groups -OCH3 is 2. The molecule has 0 saturated heterocycles. The van der Waals surface area contributed by atoms with E-state index in [2.05, 4.69) is 15.1 Å². The maximum absolute atomic E-state index is 11.9. The first kappa shape index (κ1) is 12.2. The SMILES string of the molecule is COc1ccc(-c2cc(=O)n3ncnc3[nH]2)cc1OC. The van der Waals surface area contributed by atoms with Crippen molar-refractivity contribution in [1.82, 2.24) is 19.6 Å².